The van der Waals surface area contributed by atoms with E-state index in [4.69, 9.17) is 5.26 Å². The molecule has 0 radical (unpaired) electrons. The minimum absolute atomic E-state index is 0.311. The summed E-state index contributed by atoms with van der Waals surface area (Å²) in [5.74, 6) is -0.402. The third-order valence-corrected chi connectivity index (χ3v) is 4.81. The van der Waals surface area contributed by atoms with E-state index < -0.39 is 17.2 Å². The molecule has 120 valence electrons. The number of aryl methyl sites for hydroxylation is 1. The van der Waals surface area contributed by atoms with Crippen molar-refractivity contribution in [2.75, 3.05) is 5.32 Å². The van der Waals surface area contributed by atoms with Gasteiger partial charge in [0.05, 0.1) is 21.9 Å². The van der Waals surface area contributed by atoms with E-state index in [1.165, 1.54) is 17.7 Å². The molecule has 8 heteroatoms. The summed E-state index contributed by atoms with van der Waals surface area (Å²) in [6, 6.07) is 10.00. The number of thiophene rings is 1. The van der Waals surface area contributed by atoms with E-state index in [0.29, 0.717) is 26.3 Å². The molecule has 0 unspecified atom stereocenters. The van der Waals surface area contributed by atoms with E-state index >= 15 is 0 Å². The number of fused-ring (bicyclic) bond motifs is 1. The standard InChI is InChI=1S/C16H12N4O3S/c1-19-14(22)11-7-12(24-15(11)20(2)16(19)23)13(21)18-10-5-3-4-9(6-10)8-17/h3-7H,1-2H3,(H,18,21). The number of carbonyl (C=O) groups excluding carboxylic acids is 1. The van der Waals surface area contributed by atoms with Gasteiger partial charge < -0.3 is 5.32 Å². The van der Waals surface area contributed by atoms with Gasteiger partial charge in [0, 0.05) is 19.8 Å². The average Bonchev–Trinajstić information content (AvgIpc) is 3.04. The Morgan fingerprint density at radius 2 is 1.96 bits per heavy atom. The molecule has 0 saturated carbocycles. The number of amides is 1. The number of nitrogens with zero attached hydrogens (tertiary/aromatic N) is 3. The number of aromatic nitrogens is 2. The van der Waals surface area contributed by atoms with Crippen molar-refractivity contribution in [3.8, 4) is 6.07 Å². The van der Waals surface area contributed by atoms with Crippen LogP contribution in [0.4, 0.5) is 5.69 Å². The van der Waals surface area contributed by atoms with Crippen molar-refractivity contribution in [3.63, 3.8) is 0 Å². The Labute approximate surface area is 140 Å². The molecule has 0 atom stereocenters. The van der Waals surface area contributed by atoms with Crippen LogP contribution in [0.15, 0.2) is 39.9 Å². The lowest BCUT2D eigenvalue weighted by Crippen LogP contribution is -2.36. The highest BCUT2D eigenvalue weighted by molar-refractivity contribution is 7.20. The van der Waals surface area contributed by atoms with Crippen molar-refractivity contribution >= 4 is 33.1 Å². The van der Waals surface area contributed by atoms with Gasteiger partial charge in [-0.05, 0) is 24.3 Å². The van der Waals surface area contributed by atoms with Crippen LogP contribution >= 0.6 is 11.3 Å². The first-order chi connectivity index (χ1) is 11.4. The van der Waals surface area contributed by atoms with Gasteiger partial charge in [-0.1, -0.05) is 6.07 Å². The first kappa shape index (κ1) is 15.7. The minimum Gasteiger partial charge on any atom is -0.321 e. The predicted molar refractivity (Wildman–Crippen MR) is 91.4 cm³/mol. The fraction of sp³-hybridized carbons (Fsp3) is 0.125. The number of nitriles is 1. The number of rotatable bonds is 2. The maximum Gasteiger partial charge on any atom is 0.331 e. The highest BCUT2D eigenvalue weighted by Crippen LogP contribution is 2.23. The molecule has 3 rings (SSSR count). The molecule has 1 aromatic carbocycles. The second-order valence-electron chi connectivity index (χ2n) is 5.18. The molecule has 0 fully saturated rings. The van der Waals surface area contributed by atoms with Gasteiger partial charge in [0.25, 0.3) is 11.5 Å². The number of anilines is 1. The summed E-state index contributed by atoms with van der Waals surface area (Å²) >= 11 is 1.07. The number of hydrogen-bond acceptors (Lipinski definition) is 5. The van der Waals surface area contributed by atoms with Crippen molar-refractivity contribution in [1.82, 2.24) is 9.13 Å². The summed E-state index contributed by atoms with van der Waals surface area (Å²) < 4.78 is 2.35. The summed E-state index contributed by atoms with van der Waals surface area (Å²) in [6.07, 6.45) is 0. The van der Waals surface area contributed by atoms with E-state index in [0.717, 1.165) is 15.9 Å². The van der Waals surface area contributed by atoms with Crippen molar-refractivity contribution in [1.29, 1.82) is 5.26 Å². The molecule has 0 aliphatic rings. The fourth-order valence-electron chi connectivity index (χ4n) is 2.33. The molecule has 0 aliphatic carbocycles. The number of carbonyl (C=O) groups is 1. The van der Waals surface area contributed by atoms with E-state index in [-0.39, 0.29) is 0 Å². The monoisotopic (exact) mass is 340 g/mol. The lowest BCUT2D eigenvalue weighted by molar-refractivity contribution is 0.103. The quantitative estimate of drug-likeness (QED) is 0.763. The maximum atomic E-state index is 12.4. The van der Waals surface area contributed by atoms with Crippen LogP contribution in [-0.4, -0.2) is 15.0 Å². The number of nitrogens with one attached hydrogen (secondary N) is 1. The third kappa shape index (κ3) is 2.51. The zero-order valence-corrected chi connectivity index (χ0v) is 13.7. The Hall–Kier alpha value is -3.18. The topological polar surface area (TPSA) is 96.9 Å². The molecule has 2 aromatic heterocycles. The SMILES string of the molecule is Cn1c(=O)c2cc(C(=O)Nc3cccc(C#N)c3)sc2n(C)c1=O. The fourth-order valence-corrected chi connectivity index (χ4v) is 3.33. The van der Waals surface area contributed by atoms with Crippen molar-refractivity contribution < 1.29 is 4.79 Å². The predicted octanol–water partition coefficient (Wildman–Crippen LogP) is 1.42. The van der Waals surface area contributed by atoms with E-state index in [9.17, 15) is 14.4 Å². The van der Waals surface area contributed by atoms with Gasteiger partial charge in [-0.25, -0.2) is 4.79 Å². The molecular formula is C16H12N4O3S. The smallest absolute Gasteiger partial charge is 0.321 e. The van der Waals surface area contributed by atoms with Gasteiger partial charge in [0.2, 0.25) is 0 Å². The molecular weight excluding hydrogens is 328 g/mol. The second kappa shape index (κ2) is 5.79. The summed E-state index contributed by atoms with van der Waals surface area (Å²) in [4.78, 5) is 37.3. The summed E-state index contributed by atoms with van der Waals surface area (Å²) in [5.41, 5.74) is 0.0385. The highest BCUT2D eigenvalue weighted by atomic mass is 32.1. The van der Waals surface area contributed by atoms with Crippen LogP contribution in [0.5, 0.6) is 0 Å². The molecule has 0 spiro atoms. The Kier molecular flexibility index (Phi) is 3.79. The van der Waals surface area contributed by atoms with Gasteiger partial charge in [-0.15, -0.1) is 11.3 Å². The van der Waals surface area contributed by atoms with Gasteiger partial charge in [-0.2, -0.15) is 5.26 Å². The largest absolute Gasteiger partial charge is 0.331 e. The Bertz CT molecular complexity index is 1130. The maximum absolute atomic E-state index is 12.4. The lowest BCUT2D eigenvalue weighted by atomic mass is 10.2. The van der Waals surface area contributed by atoms with Crippen LogP contribution in [-0.2, 0) is 14.1 Å². The van der Waals surface area contributed by atoms with Gasteiger partial charge in [0.1, 0.15) is 4.83 Å². The first-order valence-electron chi connectivity index (χ1n) is 6.93. The Morgan fingerprint density at radius 1 is 1.21 bits per heavy atom. The van der Waals surface area contributed by atoms with Crippen LogP contribution < -0.4 is 16.6 Å². The molecule has 1 N–H and O–H groups in total. The summed E-state index contributed by atoms with van der Waals surface area (Å²) in [6.45, 7) is 0. The average molecular weight is 340 g/mol. The molecule has 1 amide bonds. The molecule has 0 aliphatic heterocycles. The van der Waals surface area contributed by atoms with E-state index in [1.807, 2.05) is 6.07 Å². The van der Waals surface area contributed by atoms with Crippen LogP contribution in [0, 0.1) is 11.3 Å². The van der Waals surface area contributed by atoms with E-state index in [2.05, 4.69) is 5.32 Å². The highest BCUT2D eigenvalue weighted by Gasteiger charge is 2.16. The van der Waals surface area contributed by atoms with E-state index in [1.54, 1.807) is 31.3 Å². The lowest BCUT2D eigenvalue weighted by Gasteiger charge is -2.03. The van der Waals surface area contributed by atoms with Gasteiger partial charge in [0.15, 0.2) is 0 Å². The number of benzene rings is 1. The summed E-state index contributed by atoms with van der Waals surface area (Å²) in [7, 11) is 2.95. The Morgan fingerprint density at radius 3 is 2.67 bits per heavy atom. The van der Waals surface area contributed by atoms with Crippen LogP contribution in [0.3, 0.4) is 0 Å². The molecule has 0 bridgehead atoms. The molecule has 0 saturated heterocycles. The zero-order chi connectivity index (χ0) is 17.4. The van der Waals surface area contributed by atoms with Crippen molar-refractivity contribution in [2.24, 2.45) is 14.1 Å². The first-order valence-corrected chi connectivity index (χ1v) is 7.75. The van der Waals surface area contributed by atoms with Crippen LogP contribution in [0.2, 0.25) is 0 Å². The van der Waals surface area contributed by atoms with Crippen molar-refractivity contribution in [2.45, 2.75) is 0 Å². The van der Waals surface area contributed by atoms with Crippen LogP contribution in [0.1, 0.15) is 15.2 Å². The normalized spacial score (nSPS) is 10.5. The second-order valence-corrected chi connectivity index (χ2v) is 6.21. The zero-order valence-electron chi connectivity index (χ0n) is 12.9. The summed E-state index contributed by atoms with van der Waals surface area (Å²) in [5, 5.41) is 11.9. The molecule has 7 nitrogen and oxygen atoms in total. The van der Waals surface area contributed by atoms with Crippen LogP contribution in [0.25, 0.3) is 10.2 Å². The third-order valence-electron chi connectivity index (χ3n) is 3.60. The van der Waals surface area contributed by atoms with Crippen molar-refractivity contribution in [3.05, 3.63) is 61.6 Å². The molecule has 24 heavy (non-hydrogen) atoms. The molecule has 2 heterocycles. The molecule has 3 aromatic rings. The van der Waals surface area contributed by atoms with Gasteiger partial charge >= 0.3 is 5.69 Å². The minimum atomic E-state index is -0.442. The number of hydrogen-bond donors (Lipinski definition) is 1. The van der Waals surface area contributed by atoms with Gasteiger partial charge in [-0.3, -0.25) is 18.7 Å². The Balaban J connectivity index is 2.04.